The van der Waals surface area contributed by atoms with E-state index < -0.39 is 9.84 Å². The number of hydrogen-bond donors (Lipinski definition) is 1. The molecule has 0 aliphatic carbocycles. The first-order valence-electron chi connectivity index (χ1n) is 7.46. The lowest BCUT2D eigenvalue weighted by molar-refractivity contribution is -0.123. The van der Waals surface area contributed by atoms with Crippen LogP contribution < -0.4 is 5.32 Å². The highest BCUT2D eigenvalue weighted by molar-refractivity contribution is 7.91. The maximum atomic E-state index is 12.0. The van der Waals surface area contributed by atoms with Crippen LogP contribution in [0.3, 0.4) is 0 Å². The Morgan fingerprint density at radius 3 is 2.45 bits per heavy atom. The van der Waals surface area contributed by atoms with Gasteiger partial charge in [0.1, 0.15) is 0 Å². The van der Waals surface area contributed by atoms with E-state index in [4.69, 9.17) is 0 Å². The molecule has 118 valence electrons. The van der Waals surface area contributed by atoms with E-state index in [1.165, 1.54) is 0 Å². The van der Waals surface area contributed by atoms with Gasteiger partial charge in [-0.3, -0.25) is 9.69 Å². The Morgan fingerprint density at radius 2 is 2.00 bits per heavy atom. The van der Waals surface area contributed by atoms with Gasteiger partial charge in [0, 0.05) is 12.6 Å². The number of rotatable bonds is 7. The van der Waals surface area contributed by atoms with Crippen LogP contribution in [0.15, 0.2) is 0 Å². The lowest BCUT2D eigenvalue weighted by atomic mass is 10.0. The molecular weight excluding hydrogens is 276 g/mol. The fourth-order valence-corrected chi connectivity index (χ4v) is 4.36. The Balaban J connectivity index is 2.36. The predicted molar refractivity (Wildman–Crippen MR) is 81.3 cm³/mol. The van der Waals surface area contributed by atoms with Crippen LogP contribution in [0, 0.1) is 11.8 Å². The van der Waals surface area contributed by atoms with Gasteiger partial charge in [-0.2, -0.15) is 0 Å². The third-order valence-corrected chi connectivity index (χ3v) is 6.05. The zero-order chi connectivity index (χ0) is 15.3. The molecule has 0 aromatic carbocycles. The molecule has 6 heteroatoms. The number of carbonyl (C=O) groups excluding carboxylic acids is 1. The van der Waals surface area contributed by atoms with Crippen molar-refractivity contribution < 1.29 is 13.2 Å². The van der Waals surface area contributed by atoms with Gasteiger partial charge in [-0.15, -0.1) is 0 Å². The summed E-state index contributed by atoms with van der Waals surface area (Å²) >= 11 is 0. The summed E-state index contributed by atoms with van der Waals surface area (Å²) in [5, 5.41) is 2.88. The number of carbonyl (C=O) groups is 1. The van der Waals surface area contributed by atoms with Crippen molar-refractivity contribution in [3.63, 3.8) is 0 Å². The van der Waals surface area contributed by atoms with Gasteiger partial charge >= 0.3 is 0 Å². The standard InChI is InChI=1S/C14H28N2O3S/c1-5-16(12(4)11(2)3)9-14(17)15-8-13-6-7-20(18,19)10-13/h11-13H,5-10H2,1-4H3,(H,15,17)/t12-,13-/m0/s1. The zero-order valence-corrected chi connectivity index (χ0v) is 13.9. The largest absolute Gasteiger partial charge is 0.355 e. The van der Waals surface area contributed by atoms with Gasteiger partial charge in [-0.1, -0.05) is 20.8 Å². The summed E-state index contributed by atoms with van der Waals surface area (Å²) in [4.78, 5) is 14.1. The molecule has 1 rings (SSSR count). The first-order valence-corrected chi connectivity index (χ1v) is 9.28. The minimum Gasteiger partial charge on any atom is -0.355 e. The number of nitrogens with one attached hydrogen (secondary N) is 1. The minimum atomic E-state index is -2.86. The number of likely N-dealkylation sites (N-methyl/N-ethyl adjacent to an activating group) is 1. The Labute approximate surface area is 123 Å². The normalized spacial score (nSPS) is 23.2. The Hall–Kier alpha value is -0.620. The molecule has 0 unspecified atom stereocenters. The second-order valence-corrected chi connectivity index (χ2v) is 8.35. The topological polar surface area (TPSA) is 66.5 Å². The van der Waals surface area contributed by atoms with E-state index >= 15 is 0 Å². The molecule has 0 radical (unpaired) electrons. The van der Waals surface area contributed by atoms with Crippen LogP contribution in [0.5, 0.6) is 0 Å². The Kier molecular flexibility index (Phi) is 6.45. The summed E-state index contributed by atoms with van der Waals surface area (Å²) in [7, 11) is -2.86. The summed E-state index contributed by atoms with van der Waals surface area (Å²) in [6, 6.07) is 0.359. The fourth-order valence-electron chi connectivity index (χ4n) is 2.50. The van der Waals surface area contributed by atoms with Gasteiger partial charge in [0.15, 0.2) is 9.84 Å². The third kappa shape index (κ3) is 5.40. The number of nitrogens with zero attached hydrogens (tertiary/aromatic N) is 1. The summed E-state index contributed by atoms with van der Waals surface area (Å²) in [5.41, 5.74) is 0. The first-order chi connectivity index (χ1) is 9.25. The highest BCUT2D eigenvalue weighted by Gasteiger charge is 2.28. The van der Waals surface area contributed by atoms with E-state index in [0.717, 1.165) is 6.54 Å². The van der Waals surface area contributed by atoms with Gasteiger partial charge in [0.25, 0.3) is 0 Å². The van der Waals surface area contributed by atoms with Crippen molar-refractivity contribution in [3.05, 3.63) is 0 Å². The van der Waals surface area contributed by atoms with Gasteiger partial charge in [-0.25, -0.2) is 8.42 Å². The molecule has 1 amide bonds. The van der Waals surface area contributed by atoms with E-state index in [9.17, 15) is 13.2 Å². The number of hydrogen-bond acceptors (Lipinski definition) is 4. The maximum absolute atomic E-state index is 12.0. The van der Waals surface area contributed by atoms with Crippen molar-refractivity contribution >= 4 is 15.7 Å². The van der Waals surface area contributed by atoms with E-state index in [2.05, 4.69) is 37.9 Å². The molecule has 1 fully saturated rings. The zero-order valence-electron chi connectivity index (χ0n) is 13.1. The quantitative estimate of drug-likeness (QED) is 0.759. The van der Waals surface area contributed by atoms with Crippen LogP contribution in [0.1, 0.15) is 34.1 Å². The summed E-state index contributed by atoms with van der Waals surface area (Å²) < 4.78 is 22.7. The van der Waals surface area contributed by atoms with Crippen molar-refractivity contribution in [2.75, 3.05) is 31.1 Å². The molecular formula is C14H28N2O3S. The predicted octanol–water partition coefficient (Wildman–Crippen LogP) is 0.904. The van der Waals surface area contributed by atoms with E-state index in [1.807, 2.05) is 0 Å². The molecule has 0 spiro atoms. The lowest BCUT2D eigenvalue weighted by Crippen LogP contribution is -2.44. The molecule has 0 aromatic rings. The Morgan fingerprint density at radius 1 is 1.35 bits per heavy atom. The lowest BCUT2D eigenvalue weighted by Gasteiger charge is -2.30. The Bertz CT molecular complexity index is 420. The van der Waals surface area contributed by atoms with Crippen LogP contribution in [0.2, 0.25) is 0 Å². The van der Waals surface area contributed by atoms with E-state index in [1.54, 1.807) is 0 Å². The molecule has 1 aliphatic rings. The average molecular weight is 304 g/mol. The van der Waals surface area contributed by atoms with Gasteiger partial charge < -0.3 is 5.32 Å². The molecule has 20 heavy (non-hydrogen) atoms. The molecule has 0 bridgehead atoms. The molecule has 1 saturated heterocycles. The smallest absolute Gasteiger partial charge is 0.234 e. The van der Waals surface area contributed by atoms with Crippen LogP contribution >= 0.6 is 0 Å². The van der Waals surface area contributed by atoms with E-state index in [-0.39, 0.29) is 23.3 Å². The monoisotopic (exact) mass is 304 g/mol. The highest BCUT2D eigenvalue weighted by atomic mass is 32.2. The molecule has 5 nitrogen and oxygen atoms in total. The van der Waals surface area contributed by atoms with Crippen molar-refractivity contribution in [2.24, 2.45) is 11.8 Å². The van der Waals surface area contributed by atoms with Gasteiger partial charge in [0.05, 0.1) is 18.1 Å². The molecule has 1 aliphatic heterocycles. The van der Waals surface area contributed by atoms with Crippen LogP contribution in [-0.4, -0.2) is 56.4 Å². The van der Waals surface area contributed by atoms with Crippen molar-refractivity contribution in [2.45, 2.75) is 40.2 Å². The summed E-state index contributed by atoms with van der Waals surface area (Å²) in [5.74, 6) is 1.06. The van der Waals surface area contributed by atoms with E-state index in [0.29, 0.717) is 31.5 Å². The van der Waals surface area contributed by atoms with Crippen molar-refractivity contribution in [1.82, 2.24) is 10.2 Å². The minimum absolute atomic E-state index is 0.0105. The van der Waals surface area contributed by atoms with Crippen LogP contribution in [0.25, 0.3) is 0 Å². The molecule has 0 aromatic heterocycles. The summed E-state index contributed by atoms with van der Waals surface area (Å²) in [6.07, 6.45) is 0.669. The molecule has 2 atom stereocenters. The second kappa shape index (κ2) is 7.41. The first kappa shape index (κ1) is 17.4. The molecule has 1 heterocycles. The van der Waals surface area contributed by atoms with Crippen LogP contribution in [0.4, 0.5) is 0 Å². The van der Waals surface area contributed by atoms with Gasteiger partial charge in [0.2, 0.25) is 5.91 Å². The number of sulfone groups is 1. The van der Waals surface area contributed by atoms with Crippen molar-refractivity contribution in [1.29, 1.82) is 0 Å². The van der Waals surface area contributed by atoms with Crippen LogP contribution in [-0.2, 0) is 14.6 Å². The highest BCUT2D eigenvalue weighted by Crippen LogP contribution is 2.17. The average Bonchev–Trinajstić information content (AvgIpc) is 2.72. The second-order valence-electron chi connectivity index (χ2n) is 6.12. The molecule has 1 N–H and O–H groups in total. The number of amides is 1. The summed E-state index contributed by atoms with van der Waals surface area (Å²) in [6.45, 7) is 10.2. The maximum Gasteiger partial charge on any atom is 0.234 e. The SMILES string of the molecule is CCN(CC(=O)NC[C@@H]1CCS(=O)(=O)C1)[C@@H](C)C(C)C. The fraction of sp³-hybridized carbons (Fsp3) is 0.929. The van der Waals surface area contributed by atoms with Gasteiger partial charge in [-0.05, 0) is 31.7 Å². The van der Waals surface area contributed by atoms with Crippen molar-refractivity contribution in [3.8, 4) is 0 Å². The third-order valence-electron chi connectivity index (χ3n) is 4.21. The molecule has 0 saturated carbocycles.